The standard InChI is InChI=1S/C28H40N4O3S/c1-22(33)31-14-16-32(17-15-31)27-11-8-25-20-30(13-12-24(25)18-27)21-36(34,35)29(5)19-23-6-9-26(10-7-23)28(2,3)4/h6-11,18H,12-17,19-21H2,1-5H3. The van der Waals surface area contributed by atoms with Crippen molar-refractivity contribution in [1.82, 2.24) is 14.1 Å². The van der Waals surface area contributed by atoms with Gasteiger partial charge in [-0.3, -0.25) is 9.69 Å². The molecule has 0 spiro atoms. The molecule has 0 N–H and O–H groups in total. The number of carbonyl (C=O) groups is 1. The van der Waals surface area contributed by atoms with Crippen LogP contribution in [0.25, 0.3) is 0 Å². The van der Waals surface area contributed by atoms with E-state index < -0.39 is 10.0 Å². The fourth-order valence-corrected chi connectivity index (χ4v) is 6.20. The largest absolute Gasteiger partial charge is 0.368 e. The van der Waals surface area contributed by atoms with Crippen LogP contribution in [0.1, 0.15) is 49.9 Å². The number of benzene rings is 2. The lowest BCUT2D eigenvalue weighted by molar-refractivity contribution is -0.129. The topological polar surface area (TPSA) is 64.2 Å². The van der Waals surface area contributed by atoms with Gasteiger partial charge in [0.05, 0.1) is 0 Å². The molecule has 0 aliphatic carbocycles. The van der Waals surface area contributed by atoms with Crippen LogP contribution in [0.15, 0.2) is 42.5 Å². The molecule has 2 aliphatic heterocycles. The first-order valence-corrected chi connectivity index (χ1v) is 14.4. The van der Waals surface area contributed by atoms with E-state index in [4.69, 9.17) is 0 Å². The van der Waals surface area contributed by atoms with Crippen LogP contribution in [0.5, 0.6) is 0 Å². The van der Waals surface area contributed by atoms with Gasteiger partial charge in [-0.2, -0.15) is 4.31 Å². The average Bonchev–Trinajstić information content (AvgIpc) is 2.83. The van der Waals surface area contributed by atoms with E-state index >= 15 is 0 Å². The number of hydrogen-bond donors (Lipinski definition) is 0. The van der Waals surface area contributed by atoms with Gasteiger partial charge in [-0.05, 0) is 46.2 Å². The number of hydrogen-bond acceptors (Lipinski definition) is 5. The van der Waals surface area contributed by atoms with Gasteiger partial charge in [-0.15, -0.1) is 0 Å². The van der Waals surface area contributed by atoms with Crippen LogP contribution in [0.4, 0.5) is 5.69 Å². The first-order chi connectivity index (χ1) is 16.9. The molecule has 2 aromatic rings. The van der Waals surface area contributed by atoms with Crippen molar-refractivity contribution in [2.75, 3.05) is 50.5 Å². The van der Waals surface area contributed by atoms with Gasteiger partial charge in [0.25, 0.3) is 0 Å². The molecule has 0 bridgehead atoms. The molecule has 1 fully saturated rings. The van der Waals surface area contributed by atoms with Crippen molar-refractivity contribution in [1.29, 1.82) is 0 Å². The maximum Gasteiger partial charge on any atom is 0.227 e. The fourth-order valence-electron chi connectivity index (χ4n) is 4.98. The number of nitrogens with zero attached hydrogens (tertiary/aromatic N) is 4. The molecular formula is C28H40N4O3S. The number of rotatable bonds is 6. The SMILES string of the molecule is CC(=O)N1CCN(c2ccc3c(c2)CCN(CS(=O)(=O)N(C)Cc2ccc(C(C)(C)C)cc2)C3)CC1. The van der Waals surface area contributed by atoms with Crippen LogP contribution < -0.4 is 4.90 Å². The van der Waals surface area contributed by atoms with E-state index in [2.05, 4.69) is 56.0 Å². The van der Waals surface area contributed by atoms with Gasteiger partial charge in [0.1, 0.15) is 5.88 Å². The molecule has 0 radical (unpaired) electrons. The molecule has 1 amide bonds. The predicted molar refractivity (Wildman–Crippen MR) is 145 cm³/mol. The first kappa shape index (κ1) is 26.6. The van der Waals surface area contributed by atoms with Gasteiger partial charge < -0.3 is 9.80 Å². The highest BCUT2D eigenvalue weighted by Gasteiger charge is 2.26. The summed E-state index contributed by atoms with van der Waals surface area (Å²) < 4.78 is 27.7. The zero-order valence-corrected chi connectivity index (χ0v) is 23.1. The van der Waals surface area contributed by atoms with Crippen LogP contribution >= 0.6 is 0 Å². The number of fused-ring (bicyclic) bond motifs is 1. The summed E-state index contributed by atoms with van der Waals surface area (Å²) >= 11 is 0. The fraction of sp³-hybridized carbons (Fsp3) is 0.536. The van der Waals surface area contributed by atoms with Crippen LogP contribution in [0, 0.1) is 0 Å². The van der Waals surface area contributed by atoms with Crippen molar-refractivity contribution in [2.24, 2.45) is 0 Å². The number of anilines is 1. The van der Waals surface area contributed by atoms with E-state index in [1.54, 1.807) is 14.0 Å². The maximum absolute atomic E-state index is 13.1. The molecule has 36 heavy (non-hydrogen) atoms. The second-order valence-corrected chi connectivity index (χ2v) is 13.2. The minimum atomic E-state index is -3.42. The summed E-state index contributed by atoms with van der Waals surface area (Å²) in [6.45, 7) is 13.1. The molecule has 0 atom stereocenters. The zero-order chi connectivity index (χ0) is 26.1. The summed E-state index contributed by atoms with van der Waals surface area (Å²) in [7, 11) is -1.75. The second-order valence-electron chi connectivity index (χ2n) is 11.2. The van der Waals surface area contributed by atoms with Crippen molar-refractivity contribution < 1.29 is 13.2 Å². The Kier molecular flexibility index (Phi) is 7.78. The van der Waals surface area contributed by atoms with E-state index in [1.807, 2.05) is 21.9 Å². The Morgan fingerprint density at radius 2 is 1.61 bits per heavy atom. The van der Waals surface area contributed by atoms with Crippen molar-refractivity contribution in [3.63, 3.8) is 0 Å². The summed E-state index contributed by atoms with van der Waals surface area (Å²) in [5.41, 5.74) is 5.99. The summed E-state index contributed by atoms with van der Waals surface area (Å²) in [6, 6.07) is 14.8. The molecular weight excluding hydrogens is 472 g/mol. The normalized spacial score (nSPS) is 17.4. The van der Waals surface area contributed by atoms with E-state index in [0.717, 1.165) is 44.7 Å². The monoisotopic (exact) mass is 512 g/mol. The summed E-state index contributed by atoms with van der Waals surface area (Å²) in [5, 5.41) is 0. The molecule has 8 heteroatoms. The third kappa shape index (κ3) is 6.28. The van der Waals surface area contributed by atoms with Crippen molar-refractivity contribution in [3.8, 4) is 0 Å². The van der Waals surface area contributed by atoms with Crippen LogP contribution in [-0.2, 0) is 39.7 Å². The van der Waals surface area contributed by atoms with Crippen LogP contribution in [0.2, 0.25) is 0 Å². The molecule has 0 saturated carbocycles. The third-order valence-corrected chi connectivity index (χ3v) is 9.19. The Morgan fingerprint density at radius 1 is 0.944 bits per heavy atom. The zero-order valence-electron chi connectivity index (χ0n) is 22.3. The van der Waals surface area contributed by atoms with Crippen molar-refractivity contribution in [2.45, 2.75) is 52.6 Å². The molecule has 2 heterocycles. The lowest BCUT2D eigenvalue weighted by Crippen LogP contribution is -2.48. The van der Waals surface area contributed by atoms with Gasteiger partial charge in [-0.1, -0.05) is 51.1 Å². The van der Waals surface area contributed by atoms with Gasteiger partial charge in [0.15, 0.2) is 0 Å². The molecule has 1 saturated heterocycles. The molecule has 4 rings (SSSR count). The Hall–Kier alpha value is -2.42. The smallest absolute Gasteiger partial charge is 0.227 e. The molecule has 0 unspecified atom stereocenters. The number of carbonyl (C=O) groups excluding carboxylic acids is 1. The highest BCUT2D eigenvalue weighted by atomic mass is 32.2. The quantitative estimate of drug-likeness (QED) is 0.594. The predicted octanol–water partition coefficient (Wildman–Crippen LogP) is 3.43. The molecule has 2 aliphatic rings. The van der Waals surface area contributed by atoms with Crippen LogP contribution in [-0.4, -0.2) is 74.1 Å². The Balaban J connectivity index is 1.34. The van der Waals surface area contributed by atoms with E-state index in [1.165, 1.54) is 26.7 Å². The van der Waals surface area contributed by atoms with Gasteiger partial charge in [-0.25, -0.2) is 8.42 Å². The maximum atomic E-state index is 13.1. The van der Waals surface area contributed by atoms with E-state index in [-0.39, 0.29) is 17.2 Å². The van der Waals surface area contributed by atoms with Gasteiger partial charge >= 0.3 is 0 Å². The lowest BCUT2D eigenvalue weighted by atomic mass is 9.87. The summed E-state index contributed by atoms with van der Waals surface area (Å²) in [5.74, 6) is 0.164. The highest BCUT2D eigenvalue weighted by molar-refractivity contribution is 7.88. The van der Waals surface area contributed by atoms with Crippen LogP contribution in [0.3, 0.4) is 0 Å². The van der Waals surface area contributed by atoms with Crippen molar-refractivity contribution in [3.05, 3.63) is 64.7 Å². The Morgan fingerprint density at radius 3 is 2.22 bits per heavy atom. The average molecular weight is 513 g/mol. The number of amides is 1. The number of sulfonamides is 1. The van der Waals surface area contributed by atoms with Crippen molar-refractivity contribution >= 4 is 21.6 Å². The van der Waals surface area contributed by atoms with Gasteiger partial charge in [0, 0.05) is 65.5 Å². The van der Waals surface area contributed by atoms with Gasteiger partial charge in [0.2, 0.25) is 15.9 Å². The second kappa shape index (κ2) is 10.5. The van der Waals surface area contributed by atoms with E-state index in [9.17, 15) is 13.2 Å². The lowest BCUT2D eigenvalue weighted by Gasteiger charge is -2.36. The van der Waals surface area contributed by atoms with E-state index in [0.29, 0.717) is 13.1 Å². The Bertz CT molecular complexity index is 1180. The minimum Gasteiger partial charge on any atom is -0.368 e. The first-order valence-electron chi connectivity index (χ1n) is 12.8. The molecule has 196 valence electrons. The molecule has 2 aromatic carbocycles. The highest BCUT2D eigenvalue weighted by Crippen LogP contribution is 2.27. The molecule has 7 nitrogen and oxygen atoms in total. The third-order valence-electron chi connectivity index (χ3n) is 7.42. The summed E-state index contributed by atoms with van der Waals surface area (Å²) in [4.78, 5) is 17.9. The minimum absolute atomic E-state index is 0.0256. The number of piperazine rings is 1. The Labute approximate surface area is 216 Å². The molecule has 0 aromatic heterocycles. The summed E-state index contributed by atoms with van der Waals surface area (Å²) in [6.07, 6.45) is 0.837.